The van der Waals surface area contributed by atoms with E-state index in [0.29, 0.717) is 16.0 Å². The number of hydrogen-bond donors (Lipinski definition) is 0. The van der Waals surface area contributed by atoms with E-state index in [1.807, 2.05) is 0 Å². The smallest absolute Gasteiger partial charge is 0.330 e. The quantitative estimate of drug-likeness (QED) is 0.429. The van der Waals surface area contributed by atoms with Crippen molar-refractivity contribution in [3.8, 4) is 11.5 Å². The van der Waals surface area contributed by atoms with Gasteiger partial charge in [0, 0.05) is 13.1 Å². The van der Waals surface area contributed by atoms with Crippen LogP contribution in [0.1, 0.15) is 11.3 Å². The Labute approximate surface area is 171 Å². The number of methoxy groups -OCH3 is 3. The Morgan fingerprint density at radius 2 is 1.93 bits per heavy atom. The minimum absolute atomic E-state index is 0.0155. The molecule has 152 valence electrons. The molecule has 2 rings (SSSR count). The molecule has 0 N–H and O–H groups in total. The second-order valence-electron chi connectivity index (χ2n) is 5.58. The van der Waals surface area contributed by atoms with Crippen molar-refractivity contribution in [2.75, 3.05) is 28.4 Å². The van der Waals surface area contributed by atoms with Crippen LogP contribution in [0.2, 0.25) is 0 Å². The number of carbonyl (C=O) groups is 1. The van der Waals surface area contributed by atoms with Crippen LogP contribution in [0.15, 0.2) is 44.3 Å². The zero-order chi connectivity index (χ0) is 20.9. The highest BCUT2D eigenvalue weighted by atomic mass is 79.9. The monoisotopic (exact) mass is 473 g/mol. The van der Waals surface area contributed by atoms with Crippen molar-refractivity contribution in [3.05, 3.63) is 46.3 Å². The van der Waals surface area contributed by atoms with Crippen LogP contribution in [-0.2, 0) is 26.1 Å². The molecule has 0 fully saturated rings. The highest BCUT2D eigenvalue weighted by Crippen LogP contribution is 2.37. The number of hydrogen-bond acceptors (Lipinski definition) is 7. The Morgan fingerprint density at radius 1 is 1.21 bits per heavy atom. The van der Waals surface area contributed by atoms with Gasteiger partial charge in [-0.05, 0) is 51.8 Å². The number of ether oxygens (including phenoxy) is 3. The predicted molar refractivity (Wildman–Crippen MR) is 106 cm³/mol. The lowest BCUT2D eigenvalue weighted by molar-refractivity contribution is -0.134. The van der Waals surface area contributed by atoms with E-state index in [4.69, 9.17) is 13.9 Å². The molecule has 1 aromatic heterocycles. The van der Waals surface area contributed by atoms with Gasteiger partial charge in [0.2, 0.25) is 10.0 Å². The van der Waals surface area contributed by atoms with Crippen LogP contribution in [0, 0.1) is 0 Å². The average molecular weight is 474 g/mol. The molecule has 0 aliphatic carbocycles. The first-order valence-electron chi connectivity index (χ1n) is 7.95. The Morgan fingerprint density at radius 3 is 2.46 bits per heavy atom. The van der Waals surface area contributed by atoms with Gasteiger partial charge in [-0.25, -0.2) is 13.2 Å². The Hall–Kier alpha value is -2.30. The van der Waals surface area contributed by atoms with Crippen LogP contribution >= 0.6 is 15.9 Å². The molecule has 0 spiro atoms. The molecular weight excluding hydrogens is 454 g/mol. The van der Waals surface area contributed by atoms with Crippen LogP contribution < -0.4 is 9.47 Å². The summed E-state index contributed by atoms with van der Waals surface area (Å²) >= 11 is 3.19. The molecule has 0 saturated carbocycles. The van der Waals surface area contributed by atoms with Gasteiger partial charge in [0.05, 0.1) is 27.9 Å². The van der Waals surface area contributed by atoms with Crippen molar-refractivity contribution in [2.24, 2.45) is 0 Å². The lowest BCUT2D eigenvalue weighted by Gasteiger charge is -2.20. The third-order valence-electron chi connectivity index (χ3n) is 3.78. The van der Waals surface area contributed by atoms with Gasteiger partial charge >= 0.3 is 5.97 Å². The summed E-state index contributed by atoms with van der Waals surface area (Å²) in [6.07, 6.45) is 2.61. The number of furan rings is 1. The van der Waals surface area contributed by atoms with Crippen LogP contribution in [0.4, 0.5) is 0 Å². The molecule has 0 unspecified atom stereocenters. The number of benzene rings is 1. The van der Waals surface area contributed by atoms with Gasteiger partial charge < -0.3 is 18.6 Å². The summed E-state index contributed by atoms with van der Waals surface area (Å²) in [6, 6.07) is 6.30. The Kier molecular flexibility index (Phi) is 7.28. The fourth-order valence-corrected chi connectivity index (χ4v) is 4.06. The summed E-state index contributed by atoms with van der Waals surface area (Å²) in [4.78, 5) is 11.2. The van der Waals surface area contributed by atoms with E-state index < -0.39 is 16.0 Å². The maximum atomic E-state index is 13.2. The third kappa shape index (κ3) is 4.94. The van der Waals surface area contributed by atoms with E-state index in [2.05, 4.69) is 20.7 Å². The van der Waals surface area contributed by atoms with Crippen molar-refractivity contribution in [1.82, 2.24) is 4.31 Å². The molecule has 0 atom stereocenters. The van der Waals surface area contributed by atoms with Gasteiger partial charge in [-0.3, -0.25) is 0 Å². The summed E-state index contributed by atoms with van der Waals surface area (Å²) in [5.74, 6) is 0.165. The SMILES string of the molecule is COC(=O)/C=C/c1cc(OC)c(OC)c(S(=O)(=O)N(C)Cc2ccc(Br)o2)c1. The van der Waals surface area contributed by atoms with Crippen molar-refractivity contribution in [3.63, 3.8) is 0 Å². The largest absolute Gasteiger partial charge is 0.493 e. The van der Waals surface area contributed by atoms with E-state index in [1.165, 1.54) is 46.6 Å². The van der Waals surface area contributed by atoms with Gasteiger partial charge in [-0.2, -0.15) is 4.31 Å². The van der Waals surface area contributed by atoms with Gasteiger partial charge in [0.15, 0.2) is 16.2 Å². The molecule has 1 heterocycles. The van der Waals surface area contributed by atoms with Gasteiger partial charge in [-0.1, -0.05) is 0 Å². The molecule has 0 aliphatic heterocycles. The Balaban J connectivity index is 2.50. The standard InChI is InChI=1S/C18H20BrNO7S/c1-20(11-13-6-7-16(19)27-13)28(22,23)15-10-12(5-8-17(21)25-3)9-14(24-2)18(15)26-4/h5-10H,11H2,1-4H3/b8-5+. The maximum Gasteiger partial charge on any atom is 0.330 e. The second-order valence-corrected chi connectivity index (χ2v) is 8.37. The maximum absolute atomic E-state index is 13.2. The van der Waals surface area contributed by atoms with Gasteiger partial charge in [0.25, 0.3) is 0 Å². The molecule has 10 heteroatoms. The molecule has 0 amide bonds. The van der Waals surface area contributed by atoms with Crippen LogP contribution in [0.25, 0.3) is 6.08 Å². The zero-order valence-electron chi connectivity index (χ0n) is 15.8. The molecule has 1 aromatic carbocycles. The van der Waals surface area contributed by atoms with Crippen molar-refractivity contribution in [1.29, 1.82) is 0 Å². The topological polar surface area (TPSA) is 95.3 Å². The predicted octanol–water partition coefficient (Wildman–Crippen LogP) is 3.07. The molecule has 28 heavy (non-hydrogen) atoms. The lowest BCUT2D eigenvalue weighted by atomic mass is 10.2. The van der Waals surface area contributed by atoms with Crippen molar-refractivity contribution >= 4 is 38.0 Å². The van der Waals surface area contributed by atoms with Crippen LogP contribution in [-0.4, -0.2) is 47.1 Å². The van der Waals surface area contributed by atoms with E-state index in [-0.39, 0.29) is 22.9 Å². The molecule has 0 bridgehead atoms. The average Bonchev–Trinajstić information content (AvgIpc) is 3.09. The summed E-state index contributed by atoms with van der Waals surface area (Å²) < 4.78 is 48.4. The molecule has 2 aromatic rings. The second kappa shape index (κ2) is 9.26. The molecule has 8 nitrogen and oxygen atoms in total. The van der Waals surface area contributed by atoms with E-state index in [0.717, 1.165) is 4.31 Å². The molecule has 0 saturated heterocycles. The molecular formula is C18H20BrNO7S. The minimum atomic E-state index is -3.97. The van der Waals surface area contributed by atoms with Gasteiger partial charge in [-0.15, -0.1) is 0 Å². The van der Waals surface area contributed by atoms with Crippen LogP contribution in [0.5, 0.6) is 11.5 Å². The normalized spacial score (nSPS) is 11.8. The van der Waals surface area contributed by atoms with Crippen molar-refractivity contribution < 1.29 is 31.8 Å². The fourth-order valence-electron chi connectivity index (χ4n) is 2.38. The molecule has 0 aliphatic rings. The van der Waals surface area contributed by atoms with E-state index >= 15 is 0 Å². The highest BCUT2D eigenvalue weighted by molar-refractivity contribution is 9.10. The minimum Gasteiger partial charge on any atom is -0.493 e. The zero-order valence-corrected chi connectivity index (χ0v) is 18.2. The van der Waals surface area contributed by atoms with Gasteiger partial charge in [0.1, 0.15) is 10.7 Å². The summed E-state index contributed by atoms with van der Waals surface area (Å²) in [5.41, 5.74) is 0.427. The van der Waals surface area contributed by atoms with E-state index in [1.54, 1.807) is 18.2 Å². The number of sulfonamides is 1. The first-order chi connectivity index (χ1) is 13.2. The Bertz CT molecular complexity index is 982. The lowest BCUT2D eigenvalue weighted by Crippen LogP contribution is -2.27. The third-order valence-corrected chi connectivity index (χ3v) is 6.01. The summed E-state index contributed by atoms with van der Waals surface area (Å²) in [7, 11) is 1.45. The van der Waals surface area contributed by atoms with E-state index in [9.17, 15) is 13.2 Å². The summed E-state index contributed by atoms with van der Waals surface area (Å²) in [6.45, 7) is 0.0155. The first-order valence-corrected chi connectivity index (χ1v) is 10.2. The first kappa shape index (κ1) is 22.0. The number of rotatable bonds is 8. The van der Waals surface area contributed by atoms with Crippen LogP contribution in [0.3, 0.4) is 0 Å². The summed E-state index contributed by atoms with van der Waals surface area (Å²) in [5, 5.41) is 0. The van der Waals surface area contributed by atoms with Crippen molar-refractivity contribution in [2.45, 2.75) is 11.4 Å². The number of nitrogens with zero attached hydrogens (tertiary/aromatic N) is 1. The molecule has 0 radical (unpaired) electrons. The highest BCUT2D eigenvalue weighted by Gasteiger charge is 2.28. The fraction of sp³-hybridized carbons (Fsp3) is 0.278. The number of esters is 1. The number of carbonyl (C=O) groups excluding carboxylic acids is 1. The number of halogens is 1.